The molecule has 0 aliphatic carbocycles. The number of ether oxygens (including phenoxy) is 1. The van der Waals surface area contributed by atoms with Gasteiger partial charge in [0.05, 0.1) is 4.90 Å². The van der Waals surface area contributed by atoms with Crippen molar-refractivity contribution >= 4 is 21.4 Å². The summed E-state index contributed by atoms with van der Waals surface area (Å²) in [5.41, 5.74) is 0.515. The van der Waals surface area contributed by atoms with Crippen LogP contribution in [0.3, 0.4) is 0 Å². The molecule has 2 aromatic carbocycles. The van der Waals surface area contributed by atoms with E-state index in [0.29, 0.717) is 11.4 Å². The summed E-state index contributed by atoms with van der Waals surface area (Å²) in [6.07, 6.45) is 0.466. The molecule has 116 valence electrons. The Bertz CT molecular complexity index is 739. The molecule has 0 unspecified atom stereocenters. The van der Waals surface area contributed by atoms with E-state index in [4.69, 9.17) is 4.74 Å². The standard InChI is InChI=1S/C16H17NO4S/c1-12(21-14-6-4-3-5-7-14)16(18)17-13-8-10-15(11-9-13)22(2,19)20/h3-12H,1-2H3,(H,17,18)/t12-/m0/s1. The number of sulfone groups is 1. The molecule has 0 spiro atoms. The van der Waals surface area contributed by atoms with Crippen molar-refractivity contribution in [2.75, 3.05) is 11.6 Å². The van der Waals surface area contributed by atoms with Gasteiger partial charge in [-0.1, -0.05) is 18.2 Å². The van der Waals surface area contributed by atoms with Crippen molar-refractivity contribution in [1.82, 2.24) is 0 Å². The lowest BCUT2D eigenvalue weighted by molar-refractivity contribution is -0.122. The van der Waals surface area contributed by atoms with Crippen LogP contribution in [0.25, 0.3) is 0 Å². The lowest BCUT2D eigenvalue weighted by Gasteiger charge is -2.14. The summed E-state index contributed by atoms with van der Waals surface area (Å²) in [6.45, 7) is 1.65. The second kappa shape index (κ2) is 6.62. The maximum atomic E-state index is 12.0. The first-order valence-corrected chi connectivity index (χ1v) is 8.58. The molecule has 0 aromatic heterocycles. The number of benzene rings is 2. The molecule has 0 heterocycles. The molecule has 1 N–H and O–H groups in total. The van der Waals surface area contributed by atoms with Gasteiger partial charge in [-0.2, -0.15) is 0 Å². The monoisotopic (exact) mass is 319 g/mol. The zero-order chi connectivity index (χ0) is 16.2. The highest BCUT2D eigenvalue weighted by Gasteiger charge is 2.15. The van der Waals surface area contributed by atoms with Gasteiger partial charge in [0.2, 0.25) is 0 Å². The summed E-state index contributed by atoms with van der Waals surface area (Å²) in [7, 11) is -3.24. The van der Waals surface area contributed by atoms with Gasteiger partial charge in [-0.3, -0.25) is 4.79 Å². The molecule has 0 bridgehead atoms. The minimum atomic E-state index is -3.24. The Hall–Kier alpha value is -2.34. The highest BCUT2D eigenvalue weighted by Crippen LogP contribution is 2.15. The topological polar surface area (TPSA) is 72.5 Å². The predicted octanol–water partition coefficient (Wildman–Crippen LogP) is 2.50. The Morgan fingerprint density at radius 3 is 2.18 bits per heavy atom. The maximum Gasteiger partial charge on any atom is 0.265 e. The molecule has 0 radical (unpaired) electrons. The van der Waals surface area contributed by atoms with Crippen molar-refractivity contribution in [3.8, 4) is 5.75 Å². The van der Waals surface area contributed by atoms with Gasteiger partial charge in [0, 0.05) is 11.9 Å². The Morgan fingerprint density at radius 1 is 1.05 bits per heavy atom. The molecular formula is C16H17NO4S. The lowest BCUT2D eigenvalue weighted by Crippen LogP contribution is -2.30. The first kappa shape index (κ1) is 16.0. The number of hydrogen-bond donors (Lipinski definition) is 1. The van der Waals surface area contributed by atoms with Crippen LogP contribution in [0.1, 0.15) is 6.92 Å². The SMILES string of the molecule is C[C@H](Oc1ccccc1)C(=O)Nc1ccc(S(C)(=O)=O)cc1. The fourth-order valence-electron chi connectivity index (χ4n) is 1.79. The highest BCUT2D eigenvalue weighted by atomic mass is 32.2. The van der Waals surface area contributed by atoms with Crippen LogP contribution in [0.15, 0.2) is 59.5 Å². The van der Waals surface area contributed by atoms with Gasteiger partial charge in [0.15, 0.2) is 15.9 Å². The van der Waals surface area contributed by atoms with Gasteiger partial charge in [-0.15, -0.1) is 0 Å². The lowest BCUT2D eigenvalue weighted by atomic mass is 10.3. The molecule has 22 heavy (non-hydrogen) atoms. The van der Waals surface area contributed by atoms with Crippen molar-refractivity contribution < 1.29 is 17.9 Å². The van der Waals surface area contributed by atoms with Crippen LogP contribution in [-0.2, 0) is 14.6 Å². The third-order valence-electron chi connectivity index (χ3n) is 2.98. The third kappa shape index (κ3) is 4.33. The van der Waals surface area contributed by atoms with E-state index in [-0.39, 0.29) is 10.8 Å². The molecule has 2 rings (SSSR count). The number of para-hydroxylation sites is 1. The van der Waals surface area contributed by atoms with Crippen LogP contribution in [0.5, 0.6) is 5.75 Å². The van der Waals surface area contributed by atoms with Crippen molar-refractivity contribution in [3.05, 3.63) is 54.6 Å². The average Bonchev–Trinajstić information content (AvgIpc) is 2.48. The number of nitrogens with one attached hydrogen (secondary N) is 1. The van der Waals surface area contributed by atoms with E-state index in [1.54, 1.807) is 31.2 Å². The zero-order valence-electron chi connectivity index (χ0n) is 12.3. The smallest absolute Gasteiger partial charge is 0.265 e. The van der Waals surface area contributed by atoms with Crippen molar-refractivity contribution in [3.63, 3.8) is 0 Å². The zero-order valence-corrected chi connectivity index (χ0v) is 13.1. The van der Waals surface area contributed by atoms with E-state index in [2.05, 4.69) is 5.32 Å². The predicted molar refractivity (Wildman–Crippen MR) is 84.7 cm³/mol. The summed E-state index contributed by atoms with van der Waals surface area (Å²) in [5, 5.41) is 2.68. The summed E-state index contributed by atoms with van der Waals surface area (Å²) >= 11 is 0. The first-order valence-electron chi connectivity index (χ1n) is 6.69. The molecular weight excluding hydrogens is 302 g/mol. The van der Waals surface area contributed by atoms with Gasteiger partial charge < -0.3 is 10.1 Å². The molecule has 6 heteroatoms. The molecule has 0 saturated carbocycles. The molecule has 2 aromatic rings. The fourth-order valence-corrected chi connectivity index (χ4v) is 2.42. The number of amides is 1. The number of rotatable bonds is 5. The van der Waals surface area contributed by atoms with Crippen LogP contribution < -0.4 is 10.1 Å². The maximum absolute atomic E-state index is 12.0. The second-order valence-electron chi connectivity index (χ2n) is 4.86. The summed E-state index contributed by atoms with van der Waals surface area (Å²) < 4.78 is 28.3. The third-order valence-corrected chi connectivity index (χ3v) is 4.10. The minimum Gasteiger partial charge on any atom is -0.481 e. The van der Waals surface area contributed by atoms with Gasteiger partial charge in [0.25, 0.3) is 5.91 Å². The van der Waals surface area contributed by atoms with Crippen molar-refractivity contribution in [2.24, 2.45) is 0 Å². The van der Waals surface area contributed by atoms with Crippen molar-refractivity contribution in [2.45, 2.75) is 17.9 Å². The number of hydrogen-bond acceptors (Lipinski definition) is 4. The van der Waals surface area contributed by atoms with E-state index in [1.165, 1.54) is 12.1 Å². The molecule has 0 saturated heterocycles. The summed E-state index contributed by atoms with van der Waals surface area (Å²) in [4.78, 5) is 12.3. The normalized spacial score (nSPS) is 12.5. The number of carbonyl (C=O) groups is 1. The molecule has 0 aliphatic heterocycles. The largest absolute Gasteiger partial charge is 0.481 e. The molecule has 1 amide bonds. The Balaban J connectivity index is 1.99. The van der Waals surface area contributed by atoms with Crippen LogP contribution in [-0.4, -0.2) is 26.7 Å². The molecule has 5 nitrogen and oxygen atoms in total. The molecule has 0 fully saturated rings. The van der Waals surface area contributed by atoms with Crippen molar-refractivity contribution in [1.29, 1.82) is 0 Å². The Labute approximate surface area is 129 Å². The van der Waals surface area contributed by atoms with Gasteiger partial charge >= 0.3 is 0 Å². The summed E-state index contributed by atoms with van der Waals surface area (Å²) in [5.74, 6) is 0.300. The van der Waals surface area contributed by atoms with Crippen LogP contribution in [0.2, 0.25) is 0 Å². The van der Waals surface area contributed by atoms with Gasteiger partial charge in [-0.25, -0.2) is 8.42 Å². The average molecular weight is 319 g/mol. The quantitative estimate of drug-likeness (QED) is 0.919. The van der Waals surface area contributed by atoms with Gasteiger partial charge in [0.1, 0.15) is 5.75 Å². The van der Waals surface area contributed by atoms with Crippen LogP contribution >= 0.6 is 0 Å². The highest BCUT2D eigenvalue weighted by molar-refractivity contribution is 7.90. The Kier molecular flexibility index (Phi) is 4.82. The summed E-state index contributed by atoms with van der Waals surface area (Å²) in [6, 6.07) is 15.0. The van der Waals surface area contributed by atoms with E-state index >= 15 is 0 Å². The van der Waals surface area contributed by atoms with Gasteiger partial charge in [-0.05, 0) is 43.3 Å². The van der Waals surface area contributed by atoms with E-state index in [9.17, 15) is 13.2 Å². The first-order chi connectivity index (χ1) is 10.4. The number of carbonyl (C=O) groups excluding carboxylic acids is 1. The molecule has 0 aliphatic rings. The minimum absolute atomic E-state index is 0.207. The molecule has 1 atom stereocenters. The van der Waals surface area contributed by atoms with E-state index in [1.807, 2.05) is 18.2 Å². The fraction of sp³-hybridized carbons (Fsp3) is 0.188. The van der Waals surface area contributed by atoms with E-state index in [0.717, 1.165) is 6.26 Å². The second-order valence-corrected chi connectivity index (χ2v) is 6.87. The van der Waals surface area contributed by atoms with Crippen LogP contribution in [0.4, 0.5) is 5.69 Å². The van der Waals surface area contributed by atoms with E-state index < -0.39 is 15.9 Å². The van der Waals surface area contributed by atoms with Crippen LogP contribution in [0, 0.1) is 0 Å². The Morgan fingerprint density at radius 2 is 1.64 bits per heavy atom. The number of anilines is 1.